The number of carboxylic acids is 2. The summed E-state index contributed by atoms with van der Waals surface area (Å²) in [5.74, 6) is 3.03. The zero-order valence-corrected chi connectivity index (χ0v) is 42.2. The van der Waals surface area contributed by atoms with E-state index >= 15 is 0 Å². The highest BCUT2D eigenvalue weighted by Gasteiger charge is 2.51. The summed E-state index contributed by atoms with van der Waals surface area (Å²) in [5, 5.41) is 55.2. The van der Waals surface area contributed by atoms with E-state index in [1.807, 2.05) is 97.1 Å². The number of aliphatic hydroxyl groups excluding tert-OH is 2. The molecule has 1 saturated heterocycles. The molecule has 6 aromatic carbocycles. The van der Waals surface area contributed by atoms with Crippen LogP contribution in [0.1, 0.15) is 127 Å². The molecule has 0 bridgehead atoms. The van der Waals surface area contributed by atoms with Crippen molar-refractivity contribution in [3.8, 4) is 40.2 Å². The number of hydrogen-bond donors (Lipinski definition) is 5. The van der Waals surface area contributed by atoms with E-state index in [4.69, 9.17) is 23.7 Å². The fourth-order valence-corrected chi connectivity index (χ4v) is 9.22. The number of aromatic hydroxyl groups is 1. The molecule has 1 aliphatic heterocycles. The highest BCUT2D eigenvalue weighted by Crippen LogP contribution is 2.47. The lowest BCUT2D eigenvalue weighted by Crippen LogP contribution is -2.43. The summed E-state index contributed by atoms with van der Waals surface area (Å²) in [6, 6.07) is 41.2. The zero-order chi connectivity index (χ0) is 52.2. The van der Waals surface area contributed by atoms with Gasteiger partial charge in [0.15, 0.2) is 0 Å². The summed E-state index contributed by atoms with van der Waals surface area (Å²) in [6.45, 7) is 4.01. The van der Waals surface area contributed by atoms with E-state index in [1.54, 1.807) is 18.2 Å². The van der Waals surface area contributed by atoms with Gasteiger partial charge in [-0.25, -0.2) is 4.79 Å². The molecule has 7 rings (SSSR count). The summed E-state index contributed by atoms with van der Waals surface area (Å²) in [5.41, 5.74) is 4.66. The number of rotatable bonds is 27. The number of carbonyl (C=O) groups is 2. The van der Waals surface area contributed by atoms with Gasteiger partial charge in [0.1, 0.15) is 54.2 Å². The van der Waals surface area contributed by atoms with Crippen molar-refractivity contribution in [1.82, 2.24) is 0 Å². The summed E-state index contributed by atoms with van der Waals surface area (Å²) < 4.78 is 33.6. The maximum absolute atomic E-state index is 13.8. The van der Waals surface area contributed by atoms with Crippen LogP contribution in [-0.2, 0) is 45.2 Å². The fraction of sp³-hybridized carbons (Fsp3) is 0.355. The first-order valence-electron chi connectivity index (χ1n) is 25.8. The van der Waals surface area contributed by atoms with Crippen LogP contribution in [0.4, 0.5) is 0 Å². The normalized spacial score (nSPS) is 17.0. The smallest absolute Gasteiger partial charge is 0.335 e. The lowest BCUT2D eigenvalue weighted by Gasteiger charge is -2.27. The average molecular weight is 1010 g/mol. The zero-order valence-electron chi connectivity index (χ0n) is 42.2. The highest BCUT2D eigenvalue weighted by atomic mass is 16.7. The van der Waals surface area contributed by atoms with Gasteiger partial charge in [-0.15, -0.1) is 0 Å². The number of phenolic OH excluding ortho intramolecular Hbond substituents is 1. The third-order valence-electron chi connectivity index (χ3n) is 13.1. The van der Waals surface area contributed by atoms with Gasteiger partial charge in [-0.05, 0) is 76.9 Å². The van der Waals surface area contributed by atoms with Crippen LogP contribution < -0.4 is 9.47 Å². The van der Waals surface area contributed by atoms with Gasteiger partial charge < -0.3 is 49.2 Å². The Balaban J connectivity index is 1.46. The predicted molar refractivity (Wildman–Crippen MR) is 283 cm³/mol. The molecule has 0 radical (unpaired) electrons. The lowest BCUT2D eigenvalue weighted by molar-refractivity contribution is -0.147. The van der Waals surface area contributed by atoms with E-state index in [-0.39, 0.29) is 48.0 Å². The second kappa shape index (κ2) is 27.9. The molecular weight excluding hydrogens is 937 g/mol. The van der Waals surface area contributed by atoms with Gasteiger partial charge in [0.2, 0.25) is 6.29 Å². The number of aliphatic carboxylic acids is 1. The number of hydrogen-bond acceptors (Lipinski definition) is 10. The molecule has 0 spiro atoms. The van der Waals surface area contributed by atoms with Gasteiger partial charge in [0.25, 0.3) is 0 Å². The quantitative estimate of drug-likeness (QED) is 0.0244. The number of aromatic carboxylic acids is 1. The first-order chi connectivity index (χ1) is 36.1. The maximum atomic E-state index is 13.8. The van der Waals surface area contributed by atoms with Gasteiger partial charge in [-0.2, -0.15) is 0 Å². The van der Waals surface area contributed by atoms with Gasteiger partial charge in [-0.3, -0.25) is 4.79 Å². The van der Waals surface area contributed by atoms with Crippen LogP contribution in [0.25, 0.3) is 11.1 Å². The molecule has 0 saturated carbocycles. The second-order valence-electron chi connectivity index (χ2n) is 18.7. The Bertz CT molecular complexity index is 2770. The molecule has 0 aromatic heterocycles. The topological polar surface area (TPSA) is 181 Å². The fourth-order valence-electron chi connectivity index (χ4n) is 9.22. The Kier molecular flexibility index (Phi) is 20.7. The van der Waals surface area contributed by atoms with Crippen LogP contribution in [0.2, 0.25) is 0 Å². The monoisotopic (exact) mass is 1000 g/mol. The number of aliphatic hydroxyl groups is 2. The first-order valence-corrected chi connectivity index (χ1v) is 25.8. The highest BCUT2D eigenvalue weighted by molar-refractivity contribution is 5.91. The van der Waals surface area contributed by atoms with Crippen molar-refractivity contribution in [2.45, 2.75) is 135 Å². The van der Waals surface area contributed by atoms with E-state index in [2.05, 4.69) is 25.7 Å². The maximum Gasteiger partial charge on any atom is 0.335 e. The Morgan fingerprint density at radius 3 is 1.86 bits per heavy atom. The molecule has 12 nitrogen and oxygen atoms in total. The van der Waals surface area contributed by atoms with Gasteiger partial charge in [0, 0.05) is 29.2 Å². The number of carboxylic acid groups (broad SMARTS) is 2. The minimum Gasteiger partial charge on any atom is -0.508 e. The third-order valence-corrected chi connectivity index (χ3v) is 13.1. The van der Waals surface area contributed by atoms with Crippen LogP contribution in [0, 0.1) is 11.8 Å². The molecule has 1 fully saturated rings. The van der Waals surface area contributed by atoms with E-state index < -0.39 is 55.2 Å². The molecule has 0 amide bonds. The minimum atomic E-state index is -1.50. The van der Waals surface area contributed by atoms with E-state index in [0.29, 0.717) is 35.3 Å². The van der Waals surface area contributed by atoms with E-state index in [9.17, 15) is 35.1 Å². The van der Waals surface area contributed by atoms with Gasteiger partial charge in [-0.1, -0.05) is 173 Å². The largest absolute Gasteiger partial charge is 0.508 e. The van der Waals surface area contributed by atoms with Crippen molar-refractivity contribution in [2.75, 3.05) is 6.61 Å². The molecule has 1 aliphatic rings. The standard InChI is InChI=1S/C62H68O12/c1-3-5-7-9-14-28-45-34-50(56(51(64)35-45)55(61(68)69)46-30-32-47(33-31-46)60(66)67)54-48(29-21-10-8-6-4-2)36-49(70-39-42-22-15-11-16-23-42)37-53(54)73-62-59(72-41-44-26-19-13-20-27-44)58(57(74-62)52(65)38-63)71-40-43-24-17-12-18-25-43/h11-13,15-20,22-27,30-37,52,55,57-59,62-65H,3-10,14,28,38-41H2,1-2H3,(H,66,67)(H,68,69)/t52-,55?,57+,58+,59-,62?/m0/s1. The van der Waals surface area contributed by atoms with Crippen LogP contribution in [0.3, 0.4) is 0 Å². The van der Waals surface area contributed by atoms with Crippen LogP contribution in [0.5, 0.6) is 17.2 Å². The molecule has 74 heavy (non-hydrogen) atoms. The Morgan fingerprint density at radius 1 is 0.676 bits per heavy atom. The summed E-state index contributed by atoms with van der Waals surface area (Å²) >= 11 is 0. The SMILES string of the molecule is CCCCCC#Cc1cc(OCc2ccccc2)cc(OC2O[C@H]([C@@H](O)CO)[C@@H](OCc3ccccc3)[C@@H]2OCc2ccccc2)c1-c1cc(CCCCCCC)cc(O)c1C(C(=O)O)c1ccc(C(=O)O)cc1. The van der Waals surface area contributed by atoms with Crippen molar-refractivity contribution in [3.05, 3.63) is 184 Å². The molecule has 1 heterocycles. The molecule has 0 aliphatic carbocycles. The number of benzene rings is 6. The molecule has 5 N–H and O–H groups in total. The molecule has 6 atom stereocenters. The van der Waals surface area contributed by atoms with Crippen molar-refractivity contribution < 1.29 is 58.8 Å². The number of unbranched alkanes of at least 4 members (excludes halogenated alkanes) is 7. The average Bonchev–Trinajstić information content (AvgIpc) is 3.76. The summed E-state index contributed by atoms with van der Waals surface area (Å²) in [6.07, 6.45) is 3.00. The minimum absolute atomic E-state index is 0.0283. The Labute approximate surface area is 434 Å². The summed E-state index contributed by atoms with van der Waals surface area (Å²) in [4.78, 5) is 25.7. The molecule has 388 valence electrons. The first kappa shape index (κ1) is 54.8. The number of phenols is 1. The molecule has 6 aromatic rings. The summed E-state index contributed by atoms with van der Waals surface area (Å²) in [7, 11) is 0. The second-order valence-corrected chi connectivity index (χ2v) is 18.7. The van der Waals surface area contributed by atoms with E-state index in [1.165, 1.54) is 24.3 Å². The van der Waals surface area contributed by atoms with Crippen molar-refractivity contribution >= 4 is 11.9 Å². The predicted octanol–water partition coefficient (Wildman–Crippen LogP) is 11.6. The lowest BCUT2D eigenvalue weighted by atomic mass is 9.82. The van der Waals surface area contributed by atoms with Gasteiger partial charge >= 0.3 is 11.9 Å². The van der Waals surface area contributed by atoms with Crippen LogP contribution in [0.15, 0.2) is 140 Å². The molecule has 12 heteroatoms. The number of ether oxygens (including phenoxy) is 5. The Morgan fingerprint density at radius 2 is 1.27 bits per heavy atom. The molecule has 2 unspecified atom stereocenters. The third kappa shape index (κ3) is 14.8. The van der Waals surface area contributed by atoms with Crippen molar-refractivity contribution in [3.63, 3.8) is 0 Å². The Hall–Kier alpha value is -6.98. The van der Waals surface area contributed by atoms with Crippen molar-refractivity contribution in [1.29, 1.82) is 0 Å². The van der Waals surface area contributed by atoms with E-state index in [0.717, 1.165) is 73.6 Å². The van der Waals surface area contributed by atoms with Gasteiger partial charge in [0.05, 0.1) is 25.4 Å². The molecular formula is C62H68O12. The van der Waals surface area contributed by atoms with Crippen molar-refractivity contribution in [2.24, 2.45) is 0 Å². The number of aryl methyl sites for hydroxylation is 1. The van der Waals surface area contributed by atoms with Crippen LogP contribution in [-0.4, -0.2) is 74.8 Å². The van der Waals surface area contributed by atoms with Crippen LogP contribution >= 0.6 is 0 Å².